The van der Waals surface area contributed by atoms with Crippen LogP contribution in [-0.4, -0.2) is 34.6 Å². The molecule has 5 aliphatic rings. The molecule has 0 N–H and O–H groups in total. The third kappa shape index (κ3) is 2.38. The van der Waals surface area contributed by atoms with Crippen LogP contribution in [0.4, 0.5) is 0 Å². The van der Waals surface area contributed by atoms with E-state index < -0.39 is 24.8 Å². The average Bonchev–Trinajstić information content (AvgIpc) is 3.38. The fourth-order valence-electron chi connectivity index (χ4n) is 7.55. The second kappa shape index (κ2) is 7.24. The van der Waals surface area contributed by atoms with Gasteiger partial charge in [-0.25, -0.2) is 4.68 Å². The second-order valence-electron chi connectivity index (χ2n) is 10.0. The quantitative estimate of drug-likeness (QED) is 0.284. The molecule has 3 saturated carbocycles. The van der Waals surface area contributed by atoms with Crippen LogP contribution in [0.1, 0.15) is 35.9 Å². The molecule has 1 aromatic heterocycles. The van der Waals surface area contributed by atoms with Gasteiger partial charge in [0.1, 0.15) is 9.75 Å². The van der Waals surface area contributed by atoms with Crippen molar-refractivity contribution in [1.29, 1.82) is 0 Å². The molecule has 176 valence electrons. The molecular weight excluding hydrogens is 553 g/mol. The lowest BCUT2D eigenvalue weighted by atomic mass is 9.53. The molecule has 0 saturated heterocycles. The van der Waals surface area contributed by atoms with E-state index in [-0.39, 0.29) is 23.7 Å². The number of alkyl halides is 6. The highest BCUT2D eigenvalue weighted by atomic mass is 35.5. The maximum atomic E-state index is 7.39. The topological polar surface area (TPSA) is 17.8 Å². The van der Waals surface area contributed by atoms with Gasteiger partial charge >= 0.3 is 0 Å². The minimum atomic E-state index is -1.46. The van der Waals surface area contributed by atoms with Gasteiger partial charge in [0.05, 0.1) is 27.8 Å². The van der Waals surface area contributed by atoms with Crippen molar-refractivity contribution in [2.75, 3.05) is 0 Å². The molecule has 0 radical (unpaired) electrons. The van der Waals surface area contributed by atoms with E-state index in [4.69, 9.17) is 74.7 Å². The normalized spacial score (nSPS) is 40.9. The van der Waals surface area contributed by atoms with Crippen molar-refractivity contribution in [1.82, 2.24) is 9.78 Å². The first-order chi connectivity index (χ1) is 16.2. The van der Waals surface area contributed by atoms with E-state index >= 15 is 0 Å². The molecule has 0 spiro atoms. The SMILES string of the molecule is ClC1C(Cl)[C@]2(Cl)C3C([C@@H]4CC[C@H]3c3c4c(-c4ccccc4)nn3-c3ccccc3)[C@@]1(Cl)C2(Cl)Cl. The molecule has 3 fully saturated rings. The van der Waals surface area contributed by atoms with Crippen LogP contribution < -0.4 is 0 Å². The Bertz CT molecular complexity index is 1200. The summed E-state index contributed by atoms with van der Waals surface area (Å²) in [5, 5.41) is 3.90. The summed E-state index contributed by atoms with van der Waals surface area (Å²) in [5.74, 6) is -0.0526. The summed E-state index contributed by atoms with van der Waals surface area (Å²) >= 11 is 42.7. The van der Waals surface area contributed by atoms with Crippen LogP contribution in [0.3, 0.4) is 0 Å². The summed E-state index contributed by atoms with van der Waals surface area (Å²) in [6, 6.07) is 20.5. The molecule has 4 bridgehead atoms. The summed E-state index contributed by atoms with van der Waals surface area (Å²) in [6.45, 7) is 0. The number of benzene rings is 2. The predicted octanol–water partition coefficient (Wildman–Crippen LogP) is 8.12. The maximum Gasteiger partial charge on any atom is 0.159 e. The Hall–Kier alpha value is -0.610. The van der Waals surface area contributed by atoms with E-state index in [9.17, 15) is 0 Å². The average molecular weight is 573 g/mol. The number of nitrogens with zero attached hydrogens (tertiary/aromatic N) is 2. The molecule has 0 aliphatic heterocycles. The molecule has 2 aromatic carbocycles. The number of para-hydroxylation sites is 1. The Morgan fingerprint density at radius 1 is 0.735 bits per heavy atom. The highest BCUT2D eigenvalue weighted by molar-refractivity contribution is 6.62. The molecule has 2 nitrogen and oxygen atoms in total. The van der Waals surface area contributed by atoms with Crippen molar-refractivity contribution in [3.8, 4) is 16.9 Å². The standard InChI is InChI=1S/C26H20Cl6N2/c27-22-23(28)25(30)19-16-12-11-15(18(19)24(22,29)26(25,31)32)17-20(13-7-3-1-4-8-13)33-34(21(16)17)14-9-5-2-6-10-14/h1-10,15-16,18-19,22-23H,11-12H2/t15-,16-,18?,19?,22?,23?,24+,25-/m1/s1. The Labute approximate surface area is 228 Å². The smallest absolute Gasteiger partial charge is 0.159 e. The van der Waals surface area contributed by atoms with Gasteiger partial charge in [0.15, 0.2) is 4.33 Å². The number of halogens is 6. The number of rotatable bonds is 2. The van der Waals surface area contributed by atoms with Crippen LogP contribution in [0, 0.1) is 11.8 Å². The van der Waals surface area contributed by atoms with Crippen LogP contribution in [0.2, 0.25) is 0 Å². The first kappa shape index (κ1) is 22.6. The van der Waals surface area contributed by atoms with Crippen LogP contribution >= 0.6 is 69.6 Å². The lowest BCUT2D eigenvalue weighted by Gasteiger charge is -2.55. The van der Waals surface area contributed by atoms with Gasteiger partial charge in [-0.3, -0.25) is 0 Å². The van der Waals surface area contributed by atoms with E-state index in [1.54, 1.807) is 0 Å². The summed E-state index contributed by atoms with van der Waals surface area (Å²) in [5.41, 5.74) is 5.46. The van der Waals surface area contributed by atoms with Gasteiger partial charge in [0.2, 0.25) is 0 Å². The van der Waals surface area contributed by atoms with Crippen molar-refractivity contribution in [2.45, 2.75) is 49.5 Å². The largest absolute Gasteiger partial charge is 0.237 e. The van der Waals surface area contributed by atoms with Crippen LogP contribution in [0.25, 0.3) is 16.9 Å². The van der Waals surface area contributed by atoms with Crippen molar-refractivity contribution < 1.29 is 0 Å². The van der Waals surface area contributed by atoms with Gasteiger partial charge < -0.3 is 0 Å². The fourth-order valence-corrected chi connectivity index (χ4v) is 11.1. The van der Waals surface area contributed by atoms with Gasteiger partial charge in [-0.1, -0.05) is 71.7 Å². The Morgan fingerprint density at radius 2 is 1.26 bits per heavy atom. The molecule has 8 atom stereocenters. The molecule has 1 heterocycles. The van der Waals surface area contributed by atoms with E-state index in [1.807, 2.05) is 36.4 Å². The predicted molar refractivity (Wildman–Crippen MR) is 142 cm³/mol. The molecule has 8 heteroatoms. The lowest BCUT2D eigenvalue weighted by molar-refractivity contribution is 0.109. The van der Waals surface area contributed by atoms with Crippen LogP contribution in [-0.2, 0) is 0 Å². The third-order valence-corrected chi connectivity index (χ3v) is 13.5. The Kier molecular flexibility index (Phi) is 4.81. The van der Waals surface area contributed by atoms with Gasteiger partial charge in [-0.15, -0.1) is 46.4 Å². The fraction of sp³-hybridized carbons (Fsp3) is 0.423. The molecule has 0 amide bonds. The van der Waals surface area contributed by atoms with Crippen molar-refractivity contribution in [2.24, 2.45) is 11.8 Å². The summed E-state index contributed by atoms with van der Waals surface area (Å²) in [6.07, 6.45) is 1.91. The molecule has 34 heavy (non-hydrogen) atoms. The zero-order valence-electron chi connectivity index (χ0n) is 17.8. The first-order valence-electron chi connectivity index (χ1n) is 11.5. The Morgan fingerprint density at radius 3 is 1.88 bits per heavy atom. The Balaban J connectivity index is 1.53. The number of aromatic nitrogens is 2. The van der Waals surface area contributed by atoms with Crippen LogP contribution in [0.5, 0.6) is 0 Å². The highest BCUT2D eigenvalue weighted by Crippen LogP contribution is 2.82. The molecule has 5 aliphatic carbocycles. The summed E-state index contributed by atoms with van der Waals surface area (Å²) < 4.78 is 0.628. The van der Waals surface area contributed by atoms with E-state index in [2.05, 4.69) is 28.9 Å². The molecule has 3 aromatic rings. The highest BCUT2D eigenvalue weighted by Gasteiger charge is 2.88. The monoisotopic (exact) mass is 570 g/mol. The van der Waals surface area contributed by atoms with E-state index in [1.165, 1.54) is 11.3 Å². The van der Waals surface area contributed by atoms with Crippen molar-refractivity contribution in [3.63, 3.8) is 0 Å². The summed E-state index contributed by atoms with van der Waals surface area (Å²) in [4.78, 5) is -2.28. The van der Waals surface area contributed by atoms with E-state index in [0.29, 0.717) is 0 Å². The minimum Gasteiger partial charge on any atom is -0.237 e. The van der Waals surface area contributed by atoms with Gasteiger partial charge in [0, 0.05) is 17.0 Å². The maximum absolute atomic E-state index is 7.39. The van der Waals surface area contributed by atoms with E-state index in [0.717, 1.165) is 29.8 Å². The molecular formula is C26H20Cl6N2. The number of hydrogen-bond acceptors (Lipinski definition) is 1. The zero-order valence-corrected chi connectivity index (χ0v) is 22.3. The van der Waals surface area contributed by atoms with Gasteiger partial charge in [-0.05, 0) is 42.7 Å². The molecule has 8 rings (SSSR count). The minimum absolute atomic E-state index is 0.0654. The van der Waals surface area contributed by atoms with Gasteiger partial charge in [-0.2, -0.15) is 5.10 Å². The third-order valence-electron chi connectivity index (χ3n) is 8.76. The van der Waals surface area contributed by atoms with Crippen molar-refractivity contribution >= 4 is 69.6 Å². The van der Waals surface area contributed by atoms with Gasteiger partial charge in [0.25, 0.3) is 0 Å². The van der Waals surface area contributed by atoms with Crippen molar-refractivity contribution in [3.05, 3.63) is 71.9 Å². The number of hydrogen-bond donors (Lipinski definition) is 0. The molecule has 4 unspecified atom stereocenters. The first-order valence-corrected chi connectivity index (χ1v) is 13.9. The summed E-state index contributed by atoms with van der Waals surface area (Å²) in [7, 11) is 0. The lowest BCUT2D eigenvalue weighted by Crippen LogP contribution is -2.57. The number of fused-ring (bicyclic) bond motifs is 3. The second-order valence-corrected chi connectivity index (χ2v) is 13.5. The van der Waals surface area contributed by atoms with Crippen LogP contribution in [0.15, 0.2) is 60.7 Å². The zero-order chi connectivity index (χ0) is 23.6.